The lowest BCUT2D eigenvalue weighted by molar-refractivity contribution is -0.384. The van der Waals surface area contributed by atoms with Gasteiger partial charge in [0.15, 0.2) is 5.16 Å². The van der Waals surface area contributed by atoms with Crippen LogP contribution in [0.15, 0.2) is 64.6 Å². The first-order valence-corrected chi connectivity index (χ1v) is 9.37. The highest BCUT2D eigenvalue weighted by Crippen LogP contribution is 2.27. The number of aromatic nitrogens is 3. The number of nitro benzene ring substituents is 1. The maximum absolute atomic E-state index is 10.8. The van der Waals surface area contributed by atoms with E-state index in [2.05, 4.69) is 21.7 Å². The van der Waals surface area contributed by atoms with Gasteiger partial charge in [0.25, 0.3) is 5.69 Å². The number of unbranched alkanes of at least 4 members (excludes halogenated alkanes) is 1. The first kappa shape index (κ1) is 18.1. The average Bonchev–Trinajstić information content (AvgIpc) is 3.02. The van der Waals surface area contributed by atoms with Crippen molar-refractivity contribution >= 4 is 17.4 Å². The van der Waals surface area contributed by atoms with E-state index in [0.29, 0.717) is 6.54 Å². The molecule has 0 fully saturated rings. The van der Waals surface area contributed by atoms with Gasteiger partial charge in [-0.1, -0.05) is 43.7 Å². The van der Waals surface area contributed by atoms with Crippen molar-refractivity contribution in [2.75, 3.05) is 0 Å². The summed E-state index contributed by atoms with van der Waals surface area (Å²) in [6.45, 7) is 2.75. The van der Waals surface area contributed by atoms with Gasteiger partial charge in [0.05, 0.1) is 11.5 Å². The van der Waals surface area contributed by atoms with Crippen molar-refractivity contribution in [2.24, 2.45) is 0 Å². The van der Waals surface area contributed by atoms with Gasteiger partial charge in [0.1, 0.15) is 5.82 Å². The van der Waals surface area contributed by atoms with Crippen LogP contribution in [0.4, 0.5) is 5.69 Å². The molecule has 26 heavy (non-hydrogen) atoms. The second-order valence-corrected chi connectivity index (χ2v) is 6.97. The molecule has 0 aliphatic carbocycles. The number of benzene rings is 2. The highest BCUT2D eigenvalue weighted by atomic mass is 32.2. The second-order valence-electron chi connectivity index (χ2n) is 5.93. The minimum Gasteiger partial charge on any atom is -0.301 e. The molecule has 0 aliphatic heterocycles. The molecule has 0 saturated carbocycles. The number of hydrogen-bond acceptors (Lipinski definition) is 5. The molecule has 1 aromatic heterocycles. The summed E-state index contributed by atoms with van der Waals surface area (Å²) in [5.41, 5.74) is 1.09. The second kappa shape index (κ2) is 8.62. The summed E-state index contributed by atoms with van der Waals surface area (Å²) in [6.07, 6.45) is 3.01. The Morgan fingerprint density at radius 3 is 2.46 bits per heavy atom. The number of rotatable bonds is 8. The zero-order chi connectivity index (χ0) is 18.4. The first-order chi connectivity index (χ1) is 12.7. The largest absolute Gasteiger partial charge is 0.301 e. The standard InChI is InChI=1S/C19H20N4O2S/c1-2-3-9-18-20-21-19(26-17-7-5-4-6-8-17)22(18)14-15-10-12-16(13-11-15)23(24)25/h4-8,10-13H,2-3,9,14H2,1H3. The van der Waals surface area contributed by atoms with E-state index >= 15 is 0 Å². The van der Waals surface area contributed by atoms with Crippen molar-refractivity contribution in [1.29, 1.82) is 0 Å². The Morgan fingerprint density at radius 1 is 1.08 bits per heavy atom. The van der Waals surface area contributed by atoms with Gasteiger partial charge in [-0.05, 0) is 35.9 Å². The summed E-state index contributed by atoms with van der Waals surface area (Å²) < 4.78 is 2.11. The van der Waals surface area contributed by atoms with Crippen molar-refractivity contribution in [3.8, 4) is 0 Å². The first-order valence-electron chi connectivity index (χ1n) is 8.55. The molecular weight excluding hydrogens is 348 g/mol. The van der Waals surface area contributed by atoms with E-state index in [1.165, 1.54) is 12.1 Å². The van der Waals surface area contributed by atoms with Crippen LogP contribution in [-0.4, -0.2) is 19.7 Å². The summed E-state index contributed by atoms with van der Waals surface area (Å²) >= 11 is 1.58. The summed E-state index contributed by atoms with van der Waals surface area (Å²) in [7, 11) is 0. The predicted molar refractivity (Wildman–Crippen MR) is 101 cm³/mol. The number of nitrogens with zero attached hydrogens (tertiary/aromatic N) is 4. The maximum atomic E-state index is 10.8. The smallest absolute Gasteiger partial charge is 0.269 e. The van der Waals surface area contributed by atoms with Crippen LogP contribution < -0.4 is 0 Å². The van der Waals surface area contributed by atoms with Crippen molar-refractivity contribution in [3.05, 3.63) is 76.1 Å². The minimum atomic E-state index is -0.383. The van der Waals surface area contributed by atoms with E-state index in [9.17, 15) is 10.1 Å². The van der Waals surface area contributed by atoms with Gasteiger partial charge in [0.2, 0.25) is 0 Å². The van der Waals surface area contributed by atoms with Crippen LogP contribution in [0, 0.1) is 10.1 Å². The van der Waals surface area contributed by atoms with Crippen LogP contribution in [0.3, 0.4) is 0 Å². The van der Waals surface area contributed by atoms with Crippen molar-refractivity contribution in [2.45, 2.75) is 42.8 Å². The van der Waals surface area contributed by atoms with Crippen LogP contribution in [0.25, 0.3) is 0 Å². The Labute approximate surface area is 156 Å². The summed E-state index contributed by atoms with van der Waals surface area (Å²) in [5.74, 6) is 0.948. The lowest BCUT2D eigenvalue weighted by Crippen LogP contribution is -2.07. The van der Waals surface area contributed by atoms with Crippen molar-refractivity contribution < 1.29 is 4.92 Å². The fraction of sp³-hybridized carbons (Fsp3) is 0.263. The lowest BCUT2D eigenvalue weighted by Gasteiger charge is -2.10. The van der Waals surface area contributed by atoms with Crippen molar-refractivity contribution in [1.82, 2.24) is 14.8 Å². The molecule has 0 saturated heterocycles. The van der Waals surface area contributed by atoms with Crippen LogP contribution >= 0.6 is 11.8 Å². The Hall–Kier alpha value is -2.67. The molecule has 6 nitrogen and oxygen atoms in total. The zero-order valence-corrected chi connectivity index (χ0v) is 15.4. The third-order valence-electron chi connectivity index (χ3n) is 3.99. The molecule has 0 amide bonds. The molecule has 1 heterocycles. The maximum Gasteiger partial charge on any atom is 0.269 e. The van der Waals surface area contributed by atoms with E-state index in [0.717, 1.165) is 40.7 Å². The van der Waals surface area contributed by atoms with Gasteiger partial charge in [-0.3, -0.25) is 10.1 Å². The van der Waals surface area contributed by atoms with E-state index in [4.69, 9.17) is 0 Å². The van der Waals surface area contributed by atoms with Gasteiger partial charge in [-0.2, -0.15) is 0 Å². The molecule has 0 atom stereocenters. The van der Waals surface area contributed by atoms with Crippen LogP contribution in [0.5, 0.6) is 0 Å². The lowest BCUT2D eigenvalue weighted by atomic mass is 10.2. The average molecular weight is 368 g/mol. The Bertz CT molecular complexity index is 863. The quantitative estimate of drug-likeness (QED) is 0.424. The number of non-ortho nitro benzene ring substituents is 1. The number of hydrogen-bond donors (Lipinski definition) is 0. The Balaban J connectivity index is 1.86. The normalized spacial score (nSPS) is 10.8. The molecule has 0 N–H and O–H groups in total. The molecule has 2 aromatic carbocycles. The van der Waals surface area contributed by atoms with Crippen LogP contribution in [-0.2, 0) is 13.0 Å². The highest BCUT2D eigenvalue weighted by molar-refractivity contribution is 7.99. The fourth-order valence-electron chi connectivity index (χ4n) is 2.57. The van der Waals surface area contributed by atoms with Gasteiger partial charge in [-0.25, -0.2) is 0 Å². The van der Waals surface area contributed by atoms with E-state index in [1.54, 1.807) is 23.9 Å². The van der Waals surface area contributed by atoms with E-state index < -0.39 is 0 Å². The molecule has 0 radical (unpaired) electrons. The topological polar surface area (TPSA) is 73.8 Å². The summed E-state index contributed by atoms with van der Waals surface area (Å²) in [6, 6.07) is 16.7. The third kappa shape index (κ3) is 4.49. The van der Waals surface area contributed by atoms with E-state index in [1.807, 2.05) is 30.3 Å². The zero-order valence-electron chi connectivity index (χ0n) is 14.5. The molecule has 0 aliphatic rings. The summed E-state index contributed by atoms with van der Waals surface area (Å²) in [4.78, 5) is 11.6. The van der Waals surface area contributed by atoms with Gasteiger partial charge in [0, 0.05) is 23.4 Å². The Morgan fingerprint density at radius 2 is 1.81 bits per heavy atom. The minimum absolute atomic E-state index is 0.0996. The SMILES string of the molecule is CCCCc1nnc(Sc2ccccc2)n1Cc1ccc([N+](=O)[O-])cc1. The molecular formula is C19H20N4O2S. The Kier molecular flexibility index (Phi) is 6.01. The summed E-state index contributed by atoms with van der Waals surface area (Å²) in [5, 5.41) is 20.4. The third-order valence-corrected chi connectivity index (χ3v) is 4.98. The molecule has 0 unspecified atom stereocenters. The monoisotopic (exact) mass is 368 g/mol. The van der Waals surface area contributed by atoms with E-state index in [-0.39, 0.29) is 10.6 Å². The number of aryl methyl sites for hydroxylation is 1. The molecule has 0 spiro atoms. The molecule has 3 aromatic rings. The van der Waals surface area contributed by atoms with Crippen molar-refractivity contribution in [3.63, 3.8) is 0 Å². The van der Waals surface area contributed by atoms with Crippen LogP contribution in [0.1, 0.15) is 31.2 Å². The fourth-order valence-corrected chi connectivity index (χ4v) is 3.44. The molecule has 0 bridgehead atoms. The van der Waals surface area contributed by atoms with Crippen LogP contribution in [0.2, 0.25) is 0 Å². The molecule has 7 heteroatoms. The van der Waals surface area contributed by atoms with Gasteiger partial charge in [-0.15, -0.1) is 10.2 Å². The van der Waals surface area contributed by atoms with Gasteiger partial charge >= 0.3 is 0 Å². The molecule has 3 rings (SSSR count). The van der Waals surface area contributed by atoms with Gasteiger partial charge < -0.3 is 4.57 Å². The predicted octanol–water partition coefficient (Wildman–Crippen LogP) is 4.73. The number of nitro groups is 1. The molecule has 134 valence electrons. The highest BCUT2D eigenvalue weighted by Gasteiger charge is 2.14.